The number of para-hydroxylation sites is 2. The van der Waals surface area contributed by atoms with Crippen LogP contribution in [0.5, 0.6) is 0 Å². The first-order chi connectivity index (χ1) is 33.8. The summed E-state index contributed by atoms with van der Waals surface area (Å²) in [6.45, 7) is 0. The van der Waals surface area contributed by atoms with Crippen LogP contribution in [-0.4, -0.2) is 10.6 Å². The van der Waals surface area contributed by atoms with Gasteiger partial charge in [-0.05, 0) is 122 Å². The molecule has 322 valence electrons. The number of nitrogens with zero attached hydrogens (tertiary/aromatic N) is 2. The van der Waals surface area contributed by atoms with E-state index in [0.717, 1.165) is 24.1 Å². The van der Waals surface area contributed by atoms with E-state index < -0.39 is 0 Å². The monoisotopic (exact) mass is 868 g/mol. The van der Waals surface area contributed by atoms with Crippen LogP contribution < -0.4 is 4.90 Å². The van der Waals surface area contributed by atoms with Crippen molar-refractivity contribution in [2.24, 2.45) is 5.92 Å². The lowest BCUT2D eigenvalue weighted by atomic mass is 9.74. The van der Waals surface area contributed by atoms with Gasteiger partial charge in [-0.1, -0.05) is 218 Å². The van der Waals surface area contributed by atoms with Gasteiger partial charge in [-0.15, -0.1) is 0 Å². The van der Waals surface area contributed by atoms with Gasteiger partial charge in [0.15, 0.2) is 0 Å². The average Bonchev–Trinajstić information content (AvgIpc) is 3.94. The number of aromatic nitrogens is 1. The number of allylic oxidation sites excluding steroid dienone is 5. The fraction of sp³-hybridized carbons (Fsp3) is 0.0606. The van der Waals surface area contributed by atoms with Crippen molar-refractivity contribution in [1.29, 1.82) is 0 Å². The third-order valence-electron chi connectivity index (χ3n) is 14.4. The third kappa shape index (κ3) is 6.55. The highest BCUT2D eigenvalue weighted by Gasteiger charge is 2.39. The Balaban J connectivity index is 1.11. The molecule has 0 saturated carbocycles. The predicted molar refractivity (Wildman–Crippen MR) is 287 cm³/mol. The second-order valence-corrected chi connectivity index (χ2v) is 18.2. The molecule has 68 heavy (non-hydrogen) atoms. The van der Waals surface area contributed by atoms with E-state index >= 15 is 0 Å². The summed E-state index contributed by atoms with van der Waals surface area (Å²) in [4.78, 5) is 2.61. The lowest BCUT2D eigenvalue weighted by Gasteiger charge is -2.31. The maximum Gasteiger partial charge on any atom is 0.0626 e. The van der Waals surface area contributed by atoms with Crippen LogP contribution in [0, 0.1) is 5.92 Å². The van der Waals surface area contributed by atoms with E-state index in [-0.39, 0.29) is 6.04 Å². The van der Waals surface area contributed by atoms with E-state index in [9.17, 15) is 0 Å². The minimum Gasteiger partial charge on any atom is -0.337 e. The Morgan fingerprint density at radius 2 is 0.735 bits per heavy atom. The van der Waals surface area contributed by atoms with Gasteiger partial charge in [0, 0.05) is 33.8 Å². The lowest BCUT2D eigenvalue weighted by Crippen LogP contribution is -2.32. The number of hydrogen-bond acceptors (Lipinski definition) is 1. The van der Waals surface area contributed by atoms with Gasteiger partial charge in [-0.3, -0.25) is 0 Å². The number of fused-ring (bicyclic) bond motifs is 5. The number of anilines is 1. The molecule has 0 N–H and O–H groups in total. The summed E-state index contributed by atoms with van der Waals surface area (Å²) >= 11 is 0. The molecule has 0 radical (unpaired) electrons. The second-order valence-electron chi connectivity index (χ2n) is 18.2. The molecule has 0 bridgehead atoms. The smallest absolute Gasteiger partial charge is 0.0626 e. The third-order valence-corrected chi connectivity index (χ3v) is 14.4. The Bertz CT molecular complexity index is 3470. The van der Waals surface area contributed by atoms with Gasteiger partial charge >= 0.3 is 0 Å². The van der Waals surface area contributed by atoms with E-state index in [1.54, 1.807) is 0 Å². The molecule has 0 spiro atoms. The summed E-state index contributed by atoms with van der Waals surface area (Å²) < 4.78 is 2.41. The van der Waals surface area contributed by atoms with Gasteiger partial charge in [0.2, 0.25) is 0 Å². The van der Waals surface area contributed by atoms with Crippen molar-refractivity contribution in [1.82, 2.24) is 4.57 Å². The highest BCUT2D eigenvalue weighted by atomic mass is 15.2. The molecular formula is C66H48N2. The first kappa shape index (κ1) is 39.9. The molecule has 2 unspecified atom stereocenters. The van der Waals surface area contributed by atoms with Gasteiger partial charge in [-0.2, -0.15) is 0 Å². The Kier molecular flexibility index (Phi) is 9.83. The normalized spacial score (nSPS) is 16.1. The average molecular weight is 869 g/mol. The first-order valence-corrected chi connectivity index (χ1v) is 24.0. The van der Waals surface area contributed by atoms with Gasteiger partial charge in [0.1, 0.15) is 0 Å². The minimum atomic E-state index is 0.272. The number of benzene rings is 9. The highest BCUT2D eigenvalue weighted by Crippen LogP contribution is 2.56. The molecule has 1 aromatic heterocycles. The summed E-state index contributed by atoms with van der Waals surface area (Å²) in [5.41, 5.74) is 22.0. The molecule has 0 fully saturated rings. The van der Waals surface area contributed by atoms with Gasteiger partial charge in [-0.25, -0.2) is 0 Å². The fourth-order valence-electron chi connectivity index (χ4n) is 11.5. The van der Waals surface area contributed by atoms with Crippen LogP contribution in [0.25, 0.3) is 94.3 Å². The zero-order chi connectivity index (χ0) is 45.0. The summed E-state index contributed by atoms with van der Waals surface area (Å²) in [5, 5.41) is 2.52. The van der Waals surface area contributed by atoms with Crippen molar-refractivity contribution in [3.8, 4) is 72.4 Å². The standard InChI is InChI=1S/C66H48N2/c1-5-21-45(22-6-1)61-62(46-23-7-2-8-24-46)66(50-39-43-52(44-40-50)68-59-35-19-15-31-55(59)56-32-16-20-36-60(56)68)64(48-27-11-4-12-28-48)63(47-25-9-3-10-26-47)65(61)49-37-41-51(42-38-49)67-57-33-17-13-29-53(57)54-30-14-18-34-58(54)67/h1-19,21-35,37-44,55,59H,20,36H2. The van der Waals surface area contributed by atoms with Crippen molar-refractivity contribution < 1.29 is 0 Å². The van der Waals surface area contributed by atoms with E-state index in [4.69, 9.17) is 0 Å². The van der Waals surface area contributed by atoms with Crippen LogP contribution in [0.15, 0.2) is 266 Å². The van der Waals surface area contributed by atoms with Crippen molar-refractivity contribution in [3.63, 3.8) is 0 Å². The van der Waals surface area contributed by atoms with Crippen LogP contribution in [-0.2, 0) is 0 Å². The zero-order valence-electron chi connectivity index (χ0n) is 37.7. The van der Waals surface area contributed by atoms with Crippen LogP contribution in [0.2, 0.25) is 0 Å². The van der Waals surface area contributed by atoms with Gasteiger partial charge in [0.05, 0.1) is 17.1 Å². The van der Waals surface area contributed by atoms with Gasteiger partial charge < -0.3 is 9.47 Å². The summed E-state index contributed by atoms with van der Waals surface area (Å²) in [6, 6.07) is 81.0. The zero-order valence-corrected chi connectivity index (χ0v) is 37.7. The molecule has 0 amide bonds. The quantitative estimate of drug-likeness (QED) is 0.148. The Morgan fingerprint density at radius 1 is 0.353 bits per heavy atom. The molecule has 2 nitrogen and oxygen atoms in total. The molecule has 2 heteroatoms. The maximum absolute atomic E-state index is 2.61. The van der Waals surface area contributed by atoms with Crippen LogP contribution in [0.1, 0.15) is 12.8 Å². The van der Waals surface area contributed by atoms with Crippen LogP contribution in [0.3, 0.4) is 0 Å². The lowest BCUT2D eigenvalue weighted by molar-refractivity contribution is 0.681. The second kappa shape index (κ2) is 16.8. The van der Waals surface area contributed by atoms with Crippen molar-refractivity contribution in [3.05, 3.63) is 266 Å². The number of rotatable bonds is 8. The maximum atomic E-state index is 2.61. The van der Waals surface area contributed by atoms with E-state index in [0.29, 0.717) is 5.92 Å². The summed E-state index contributed by atoms with van der Waals surface area (Å²) in [6.07, 6.45) is 16.1. The molecule has 1 aliphatic heterocycles. The van der Waals surface area contributed by atoms with E-state index in [2.05, 4.69) is 264 Å². The Hall–Kier alpha value is -8.46. The van der Waals surface area contributed by atoms with Gasteiger partial charge in [0.25, 0.3) is 0 Å². The molecular weight excluding hydrogens is 821 g/mol. The van der Waals surface area contributed by atoms with Crippen molar-refractivity contribution in [2.45, 2.75) is 18.9 Å². The molecule has 2 atom stereocenters. The molecule has 9 aromatic carbocycles. The largest absolute Gasteiger partial charge is 0.337 e. The highest BCUT2D eigenvalue weighted by molar-refractivity contribution is 6.15. The summed E-state index contributed by atoms with van der Waals surface area (Å²) in [7, 11) is 0. The molecule has 2 heterocycles. The summed E-state index contributed by atoms with van der Waals surface area (Å²) in [5.74, 6) is 0.367. The fourth-order valence-corrected chi connectivity index (χ4v) is 11.5. The van der Waals surface area contributed by atoms with E-state index in [1.165, 1.54) is 100.0 Å². The van der Waals surface area contributed by atoms with Crippen molar-refractivity contribution >= 4 is 27.5 Å². The molecule has 13 rings (SSSR count). The topological polar surface area (TPSA) is 8.17 Å². The molecule has 3 aliphatic rings. The number of hydrogen-bond donors (Lipinski definition) is 0. The SMILES string of the molecule is C1=CC2C3=C(CCC=C3)N(c3ccc(-c4c(-c5ccccc5)c(-c5ccccc5)c(-c5ccc(-n6c7ccccc7c7ccccc76)cc5)c(-c5ccccc5)c4-c4ccccc4)cc3)C2C=C1. The van der Waals surface area contributed by atoms with E-state index in [1.807, 2.05) is 0 Å². The molecule has 10 aromatic rings. The van der Waals surface area contributed by atoms with Crippen LogP contribution >= 0.6 is 0 Å². The van der Waals surface area contributed by atoms with Crippen LogP contribution in [0.4, 0.5) is 5.69 Å². The molecule has 2 aliphatic carbocycles. The van der Waals surface area contributed by atoms with Crippen molar-refractivity contribution in [2.75, 3.05) is 4.90 Å². The Morgan fingerprint density at radius 3 is 1.19 bits per heavy atom. The predicted octanol–water partition coefficient (Wildman–Crippen LogP) is 17.3. The first-order valence-electron chi connectivity index (χ1n) is 24.0. The minimum absolute atomic E-state index is 0.272. The Labute approximate surface area is 398 Å². The molecule has 0 saturated heterocycles.